The summed E-state index contributed by atoms with van der Waals surface area (Å²) in [6, 6.07) is 6.51. The van der Waals surface area contributed by atoms with Crippen LogP contribution in [0.3, 0.4) is 0 Å². The van der Waals surface area contributed by atoms with Crippen molar-refractivity contribution in [2.75, 3.05) is 23.7 Å². The van der Waals surface area contributed by atoms with Crippen molar-refractivity contribution in [3.63, 3.8) is 0 Å². The predicted octanol–water partition coefficient (Wildman–Crippen LogP) is 3.82. The number of carbonyl (C=O) groups excluding carboxylic acids is 2. The number of amides is 2. The Kier molecular flexibility index (Phi) is 6.85. The standard InChI is InChI=1S/C27H29FN8O3/c1-5-21(38)36-11-9-17(14-36)30-24-22-18(8-10-29-23(22)33-34-24)15-6-7-16(19(28)12-15)13-20(37)31-26-32-25(39-35-26)27(2,3)4/h5-8,10,12,17H,1,9,11,13-14H2,2-4H3,(H,31,35,37)(H2,29,30,33,34)/t17-/m1/s1. The fourth-order valence-corrected chi connectivity index (χ4v) is 4.48. The number of hydrogen-bond donors (Lipinski definition) is 3. The maximum absolute atomic E-state index is 15.2. The van der Waals surface area contributed by atoms with Crippen LogP contribution in [-0.4, -0.2) is 61.2 Å². The summed E-state index contributed by atoms with van der Waals surface area (Å²) in [4.78, 5) is 34.7. The lowest BCUT2D eigenvalue weighted by atomic mass is 9.97. The first-order chi connectivity index (χ1) is 18.6. The number of pyridine rings is 1. The van der Waals surface area contributed by atoms with Crippen molar-refractivity contribution < 1.29 is 18.5 Å². The Morgan fingerprint density at radius 1 is 1.31 bits per heavy atom. The van der Waals surface area contributed by atoms with Crippen LogP contribution in [0, 0.1) is 5.82 Å². The second kappa shape index (κ2) is 10.3. The van der Waals surface area contributed by atoms with Gasteiger partial charge in [0.25, 0.3) is 5.95 Å². The van der Waals surface area contributed by atoms with Gasteiger partial charge in [0.2, 0.25) is 17.7 Å². The maximum atomic E-state index is 15.2. The van der Waals surface area contributed by atoms with E-state index in [1.807, 2.05) is 20.8 Å². The number of nitrogens with one attached hydrogen (secondary N) is 3. The molecule has 0 radical (unpaired) electrons. The molecule has 0 bridgehead atoms. The first-order valence-corrected chi connectivity index (χ1v) is 12.6. The van der Waals surface area contributed by atoms with E-state index in [1.54, 1.807) is 29.3 Å². The summed E-state index contributed by atoms with van der Waals surface area (Å²) >= 11 is 0. The van der Waals surface area contributed by atoms with Crippen LogP contribution in [0.25, 0.3) is 22.2 Å². The lowest BCUT2D eigenvalue weighted by Gasteiger charge is -2.15. The molecule has 1 aliphatic rings. The minimum Gasteiger partial charge on any atom is -0.363 e. The Bertz CT molecular complexity index is 1550. The molecule has 3 N–H and O–H groups in total. The molecule has 0 aliphatic carbocycles. The number of aromatic nitrogens is 5. The normalized spacial score (nSPS) is 15.5. The van der Waals surface area contributed by atoms with E-state index in [1.165, 1.54) is 12.1 Å². The van der Waals surface area contributed by atoms with Gasteiger partial charge in [-0.05, 0) is 46.5 Å². The molecule has 1 fully saturated rings. The Morgan fingerprint density at radius 3 is 2.85 bits per heavy atom. The number of aromatic amines is 1. The van der Waals surface area contributed by atoms with Crippen LogP contribution >= 0.6 is 0 Å². The molecule has 1 aromatic carbocycles. The van der Waals surface area contributed by atoms with E-state index in [-0.39, 0.29) is 35.3 Å². The Morgan fingerprint density at radius 2 is 2.13 bits per heavy atom. The van der Waals surface area contributed by atoms with E-state index < -0.39 is 11.7 Å². The SMILES string of the molecule is C=CC(=O)N1CC[C@@H](Nc2n[nH]c3nccc(-c4ccc(CC(=O)Nc5noc(C(C)(C)C)n5)c(F)c4)c23)C1. The number of carbonyl (C=O) groups is 2. The Labute approximate surface area is 223 Å². The van der Waals surface area contributed by atoms with Gasteiger partial charge in [-0.1, -0.05) is 39.5 Å². The van der Waals surface area contributed by atoms with Crippen molar-refractivity contribution in [2.45, 2.75) is 45.1 Å². The third-order valence-electron chi connectivity index (χ3n) is 6.51. The third-order valence-corrected chi connectivity index (χ3v) is 6.51. The molecule has 1 aliphatic heterocycles. The van der Waals surface area contributed by atoms with Gasteiger partial charge < -0.3 is 14.7 Å². The highest BCUT2D eigenvalue weighted by Gasteiger charge is 2.27. The molecule has 4 aromatic rings. The van der Waals surface area contributed by atoms with E-state index in [9.17, 15) is 9.59 Å². The fourth-order valence-electron chi connectivity index (χ4n) is 4.48. The van der Waals surface area contributed by atoms with Gasteiger partial charge in [0.1, 0.15) is 5.82 Å². The molecule has 4 heterocycles. The molecule has 0 spiro atoms. The van der Waals surface area contributed by atoms with E-state index >= 15 is 4.39 Å². The number of nitrogens with zero attached hydrogens (tertiary/aromatic N) is 5. The summed E-state index contributed by atoms with van der Waals surface area (Å²) in [7, 11) is 0. The molecule has 3 aromatic heterocycles. The predicted molar refractivity (Wildman–Crippen MR) is 143 cm³/mol. The first kappa shape index (κ1) is 26.0. The van der Waals surface area contributed by atoms with Gasteiger partial charge in [0.15, 0.2) is 11.5 Å². The molecule has 11 nitrogen and oxygen atoms in total. The topological polar surface area (TPSA) is 142 Å². The van der Waals surface area contributed by atoms with Crippen LogP contribution in [0.1, 0.15) is 38.6 Å². The lowest BCUT2D eigenvalue weighted by Crippen LogP contribution is -2.30. The van der Waals surface area contributed by atoms with Crippen LogP contribution < -0.4 is 10.6 Å². The van der Waals surface area contributed by atoms with E-state index in [2.05, 4.69) is 42.5 Å². The molecular weight excluding hydrogens is 503 g/mol. The van der Waals surface area contributed by atoms with Gasteiger partial charge >= 0.3 is 0 Å². The zero-order valence-corrected chi connectivity index (χ0v) is 21.9. The number of hydrogen-bond acceptors (Lipinski definition) is 8. The zero-order valence-electron chi connectivity index (χ0n) is 21.9. The minimum absolute atomic E-state index is 0.00441. The van der Waals surface area contributed by atoms with Crippen molar-refractivity contribution >= 4 is 34.6 Å². The van der Waals surface area contributed by atoms with Gasteiger partial charge in [0.05, 0.1) is 11.8 Å². The van der Waals surface area contributed by atoms with Gasteiger partial charge in [-0.25, -0.2) is 9.37 Å². The number of H-pyrrole nitrogens is 1. The highest BCUT2D eigenvalue weighted by molar-refractivity contribution is 6.00. The molecule has 39 heavy (non-hydrogen) atoms. The van der Waals surface area contributed by atoms with Crippen LogP contribution in [-0.2, 0) is 21.4 Å². The fraction of sp³-hybridized carbons (Fsp3) is 0.333. The molecule has 2 amide bonds. The van der Waals surface area contributed by atoms with Crippen LogP contribution in [0.2, 0.25) is 0 Å². The summed E-state index contributed by atoms with van der Waals surface area (Å²) in [6.07, 6.45) is 3.49. The summed E-state index contributed by atoms with van der Waals surface area (Å²) < 4.78 is 20.4. The quantitative estimate of drug-likeness (QED) is 0.305. The smallest absolute Gasteiger partial charge is 0.270 e. The van der Waals surface area contributed by atoms with E-state index in [0.717, 1.165) is 12.0 Å². The molecular formula is C27H29FN8O3. The number of rotatable bonds is 7. The van der Waals surface area contributed by atoms with Crippen molar-refractivity contribution in [3.05, 3.63) is 60.4 Å². The second-order valence-electron chi connectivity index (χ2n) is 10.5. The monoisotopic (exact) mass is 532 g/mol. The average molecular weight is 533 g/mol. The van der Waals surface area contributed by atoms with Gasteiger partial charge in [-0.3, -0.25) is 20.0 Å². The Hall–Kier alpha value is -4.61. The molecule has 1 atom stereocenters. The highest BCUT2D eigenvalue weighted by Crippen LogP contribution is 2.33. The number of halogens is 1. The van der Waals surface area contributed by atoms with Gasteiger partial charge in [-0.2, -0.15) is 10.1 Å². The third kappa shape index (κ3) is 5.49. The summed E-state index contributed by atoms with van der Waals surface area (Å²) in [5.41, 5.74) is 1.75. The highest BCUT2D eigenvalue weighted by atomic mass is 19.1. The first-order valence-electron chi connectivity index (χ1n) is 12.6. The molecule has 5 rings (SSSR count). The van der Waals surface area contributed by atoms with E-state index in [4.69, 9.17) is 4.52 Å². The summed E-state index contributed by atoms with van der Waals surface area (Å²) in [5.74, 6) is -0.0881. The minimum atomic E-state index is -0.525. The number of likely N-dealkylation sites (tertiary alicyclic amines) is 1. The van der Waals surface area contributed by atoms with Crippen molar-refractivity contribution in [1.82, 2.24) is 30.2 Å². The summed E-state index contributed by atoms with van der Waals surface area (Å²) in [5, 5.41) is 17.7. The van der Waals surface area contributed by atoms with Crippen molar-refractivity contribution in [3.8, 4) is 11.1 Å². The largest absolute Gasteiger partial charge is 0.363 e. The van der Waals surface area contributed by atoms with Gasteiger partial charge in [-0.15, -0.1) is 0 Å². The molecule has 12 heteroatoms. The Balaban J connectivity index is 1.33. The average Bonchev–Trinajstić information content (AvgIpc) is 3.65. The molecule has 202 valence electrons. The van der Waals surface area contributed by atoms with Crippen molar-refractivity contribution in [2.24, 2.45) is 0 Å². The number of anilines is 2. The molecule has 0 saturated carbocycles. The van der Waals surface area contributed by atoms with Gasteiger partial charge in [0, 0.05) is 30.7 Å². The zero-order chi connectivity index (χ0) is 27.7. The van der Waals surface area contributed by atoms with Crippen LogP contribution in [0.4, 0.5) is 16.2 Å². The number of fused-ring (bicyclic) bond motifs is 1. The maximum Gasteiger partial charge on any atom is 0.270 e. The summed E-state index contributed by atoms with van der Waals surface area (Å²) in [6.45, 7) is 10.4. The second-order valence-corrected chi connectivity index (χ2v) is 10.5. The molecule has 0 unspecified atom stereocenters. The van der Waals surface area contributed by atoms with Crippen LogP contribution in [0.5, 0.6) is 0 Å². The van der Waals surface area contributed by atoms with Crippen LogP contribution in [0.15, 0.2) is 47.6 Å². The lowest BCUT2D eigenvalue weighted by molar-refractivity contribution is -0.125. The van der Waals surface area contributed by atoms with Crippen molar-refractivity contribution in [1.29, 1.82) is 0 Å². The molecule has 1 saturated heterocycles. The number of benzene rings is 1. The van der Waals surface area contributed by atoms with E-state index in [0.29, 0.717) is 41.4 Å².